The second-order valence-corrected chi connectivity index (χ2v) is 5.98. The molecule has 0 saturated carbocycles. The highest BCUT2D eigenvalue weighted by molar-refractivity contribution is 7.18. The molecule has 0 N–H and O–H groups in total. The number of benzene rings is 1. The predicted octanol–water partition coefficient (Wildman–Crippen LogP) is 5.35. The maximum Gasteiger partial charge on any atom is 0.232 e. The summed E-state index contributed by atoms with van der Waals surface area (Å²) in [4.78, 5) is 10.4. The van der Waals surface area contributed by atoms with Crippen molar-refractivity contribution in [3.8, 4) is 11.6 Å². The fourth-order valence-corrected chi connectivity index (χ4v) is 3.15. The molecule has 2 heterocycles. The molecule has 6 heteroatoms. The van der Waals surface area contributed by atoms with Gasteiger partial charge in [-0.3, -0.25) is 0 Å². The molecular weight excluding hydrogens is 315 g/mol. The van der Waals surface area contributed by atoms with E-state index in [0.29, 0.717) is 16.7 Å². The largest absolute Gasteiger partial charge is 0.437 e. The molecule has 3 rings (SSSR count). The maximum atomic E-state index is 6.10. The topological polar surface area (TPSA) is 35.0 Å². The molecule has 0 spiro atoms. The van der Waals surface area contributed by atoms with Crippen LogP contribution in [0.3, 0.4) is 0 Å². The highest BCUT2D eigenvalue weighted by Gasteiger charge is 2.13. The third kappa shape index (κ3) is 2.59. The number of thiophene rings is 1. The number of nitrogens with zero attached hydrogens (tertiary/aromatic N) is 2. The fourth-order valence-electron chi connectivity index (χ4n) is 1.80. The van der Waals surface area contributed by atoms with Gasteiger partial charge in [-0.2, -0.15) is 4.98 Å². The lowest BCUT2D eigenvalue weighted by molar-refractivity contribution is 0.468. The molecule has 2 aromatic heterocycles. The Morgan fingerprint density at radius 2 is 2.00 bits per heavy atom. The molecule has 0 aliphatic heterocycles. The SMILES string of the molecule is CCc1cc2c(Oc3ccccc3Cl)nc(Cl)nc2s1. The van der Waals surface area contributed by atoms with Crippen LogP contribution in [0.15, 0.2) is 30.3 Å². The smallest absolute Gasteiger partial charge is 0.232 e. The van der Waals surface area contributed by atoms with Crippen molar-refractivity contribution in [1.82, 2.24) is 9.97 Å². The Hall–Kier alpha value is -1.36. The van der Waals surface area contributed by atoms with E-state index in [9.17, 15) is 0 Å². The Labute approximate surface area is 130 Å². The lowest BCUT2D eigenvalue weighted by Gasteiger charge is -2.07. The van der Waals surface area contributed by atoms with Gasteiger partial charge < -0.3 is 4.74 Å². The minimum Gasteiger partial charge on any atom is -0.437 e. The summed E-state index contributed by atoms with van der Waals surface area (Å²) in [6.45, 7) is 2.09. The van der Waals surface area contributed by atoms with Crippen molar-refractivity contribution in [3.63, 3.8) is 0 Å². The Morgan fingerprint density at radius 1 is 1.20 bits per heavy atom. The van der Waals surface area contributed by atoms with Crippen LogP contribution in [-0.4, -0.2) is 9.97 Å². The van der Waals surface area contributed by atoms with E-state index in [1.807, 2.05) is 18.2 Å². The van der Waals surface area contributed by atoms with Crippen molar-refractivity contribution < 1.29 is 4.74 Å². The predicted molar refractivity (Wildman–Crippen MR) is 83.3 cm³/mol. The molecule has 0 amide bonds. The monoisotopic (exact) mass is 324 g/mol. The van der Waals surface area contributed by atoms with Crippen molar-refractivity contribution in [1.29, 1.82) is 0 Å². The number of aryl methyl sites for hydroxylation is 1. The molecule has 0 aliphatic carbocycles. The van der Waals surface area contributed by atoms with Crippen molar-refractivity contribution in [2.24, 2.45) is 0 Å². The highest BCUT2D eigenvalue weighted by Crippen LogP contribution is 2.35. The first kappa shape index (κ1) is 13.6. The number of hydrogen-bond donors (Lipinski definition) is 0. The molecule has 1 aromatic carbocycles. The minimum atomic E-state index is 0.170. The summed E-state index contributed by atoms with van der Waals surface area (Å²) < 4.78 is 5.80. The van der Waals surface area contributed by atoms with Gasteiger partial charge in [-0.15, -0.1) is 11.3 Å². The minimum absolute atomic E-state index is 0.170. The van der Waals surface area contributed by atoms with Crippen molar-refractivity contribution in [2.75, 3.05) is 0 Å². The number of para-hydroxylation sites is 1. The number of rotatable bonds is 3. The normalized spacial score (nSPS) is 10.9. The maximum absolute atomic E-state index is 6.10. The van der Waals surface area contributed by atoms with E-state index < -0.39 is 0 Å². The molecule has 0 atom stereocenters. The number of ether oxygens (including phenoxy) is 1. The molecule has 0 saturated heterocycles. The molecule has 102 valence electrons. The van der Waals surface area contributed by atoms with Crippen molar-refractivity contribution in [3.05, 3.63) is 45.5 Å². The number of aromatic nitrogens is 2. The zero-order chi connectivity index (χ0) is 14.1. The summed E-state index contributed by atoms with van der Waals surface area (Å²) in [7, 11) is 0. The van der Waals surface area contributed by atoms with E-state index in [0.717, 1.165) is 16.6 Å². The molecular formula is C14H10Cl2N2OS. The molecule has 3 aromatic rings. The molecule has 3 nitrogen and oxygen atoms in total. The zero-order valence-electron chi connectivity index (χ0n) is 10.6. The summed E-state index contributed by atoms with van der Waals surface area (Å²) in [5.41, 5.74) is 0. The van der Waals surface area contributed by atoms with E-state index in [2.05, 4.69) is 16.9 Å². The van der Waals surface area contributed by atoms with Crippen molar-refractivity contribution in [2.45, 2.75) is 13.3 Å². The summed E-state index contributed by atoms with van der Waals surface area (Å²) in [5, 5.41) is 1.56. The molecule has 0 radical (unpaired) electrons. The van der Waals surface area contributed by atoms with Crippen LogP contribution in [0, 0.1) is 0 Å². The van der Waals surface area contributed by atoms with Crippen LogP contribution in [0.4, 0.5) is 0 Å². The van der Waals surface area contributed by atoms with Crippen LogP contribution in [0.1, 0.15) is 11.8 Å². The average molecular weight is 325 g/mol. The van der Waals surface area contributed by atoms with E-state index in [1.165, 1.54) is 4.88 Å². The number of fused-ring (bicyclic) bond motifs is 1. The standard InChI is InChI=1S/C14H10Cl2N2OS/c1-2-8-7-9-12(17-14(16)18-13(9)20-8)19-11-6-4-3-5-10(11)15/h3-7H,2H2,1H3. The number of halogens is 2. The summed E-state index contributed by atoms with van der Waals surface area (Å²) >= 11 is 13.6. The van der Waals surface area contributed by atoms with Gasteiger partial charge in [-0.05, 0) is 36.2 Å². The van der Waals surface area contributed by atoms with Gasteiger partial charge in [0.05, 0.1) is 10.4 Å². The lowest BCUT2D eigenvalue weighted by Crippen LogP contribution is -1.91. The number of hydrogen-bond acceptors (Lipinski definition) is 4. The van der Waals surface area contributed by atoms with Gasteiger partial charge >= 0.3 is 0 Å². The molecule has 0 fully saturated rings. The van der Waals surface area contributed by atoms with Crippen LogP contribution in [0.2, 0.25) is 10.3 Å². The van der Waals surface area contributed by atoms with Gasteiger partial charge in [0.15, 0.2) is 0 Å². The van der Waals surface area contributed by atoms with Gasteiger partial charge in [-0.25, -0.2) is 4.98 Å². The second-order valence-electron chi connectivity index (χ2n) is 4.12. The fraction of sp³-hybridized carbons (Fsp3) is 0.143. The lowest BCUT2D eigenvalue weighted by atomic mass is 10.3. The van der Waals surface area contributed by atoms with Gasteiger partial charge in [-0.1, -0.05) is 30.7 Å². The van der Waals surface area contributed by atoms with E-state index in [4.69, 9.17) is 27.9 Å². The summed E-state index contributed by atoms with van der Waals surface area (Å²) in [6, 6.07) is 9.28. The van der Waals surface area contributed by atoms with Crippen LogP contribution < -0.4 is 4.74 Å². The van der Waals surface area contributed by atoms with Crippen LogP contribution in [0.5, 0.6) is 11.6 Å². The Kier molecular flexibility index (Phi) is 3.78. The van der Waals surface area contributed by atoms with E-state index in [1.54, 1.807) is 23.5 Å². The average Bonchev–Trinajstić information content (AvgIpc) is 2.84. The quantitative estimate of drug-likeness (QED) is 0.609. The van der Waals surface area contributed by atoms with Crippen LogP contribution >= 0.6 is 34.5 Å². The zero-order valence-corrected chi connectivity index (χ0v) is 12.9. The first-order valence-corrected chi connectivity index (χ1v) is 7.63. The van der Waals surface area contributed by atoms with E-state index >= 15 is 0 Å². The first-order chi connectivity index (χ1) is 9.67. The van der Waals surface area contributed by atoms with Crippen molar-refractivity contribution >= 4 is 44.8 Å². The van der Waals surface area contributed by atoms with Crippen LogP contribution in [0.25, 0.3) is 10.2 Å². The van der Waals surface area contributed by atoms with E-state index in [-0.39, 0.29) is 5.28 Å². The third-order valence-corrected chi connectivity index (χ3v) is 4.43. The first-order valence-electron chi connectivity index (χ1n) is 6.05. The van der Waals surface area contributed by atoms with Gasteiger partial charge in [0.1, 0.15) is 10.6 Å². The Balaban J connectivity index is 2.11. The van der Waals surface area contributed by atoms with Gasteiger partial charge in [0.2, 0.25) is 11.2 Å². The molecule has 0 aliphatic rings. The van der Waals surface area contributed by atoms with Gasteiger partial charge in [0.25, 0.3) is 0 Å². The second kappa shape index (κ2) is 5.56. The summed E-state index contributed by atoms with van der Waals surface area (Å²) in [6.07, 6.45) is 0.935. The Morgan fingerprint density at radius 3 is 2.75 bits per heavy atom. The highest BCUT2D eigenvalue weighted by atomic mass is 35.5. The molecule has 0 bridgehead atoms. The summed E-state index contributed by atoms with van der Waals surface area (Å²) in [5.74, 6) is 0.985. The third-order valence-electron chi connectivity index (χ3n) is 2.77. The Bertz CT molecular complexity index is 773. The van der Waals surface area contributed by atoms with Crippen LogP contribution in [-0.2, 0) is 6.42 Å². The van der Waals surface area contributed by atoms with Gasteiger partial charge in [0, 0.05) is 4.88 Å². The molecule has 0 unspecified atom stereocenters. The molecule has 20 heavy (non-hydrogen) atoms.